The van der Waals surface area contributed by atoms with Gasteiger partial charge in [0, 0.05) is 21.5 Å². The van der Waals surface area contributed by atoms with E-state index in [1.165, 1.54) is 30.3 Å². The number of fused-ring (bicyclic) bond motifs is 5. The number of Topliss-reactive ketones (excluding diaryl/α,β-unsaturated/α-hetero) is 1. The lowest BCUT2D eigenvalue weighted by Crippen LogP contribution is -2.58. The summed E-state index contributed by atoms with van der Waals surface area (Å²) in [7, 11) is 0. The van der Waals surface area contributed by atoms with Gasteiger partial charge in [0.1, 0.15) is 6.04 Å². The van der Waals surface area contributed by atoms with E-state index in [9.17, 15) is 19.2 Å². The smallest absolute Gasteiger partial charge is 0.275 e. The zero-order chi connectivity index (χ0) is 25.7. The molecule has 10 heteroatoms. The van der Waals surface area contributed by atoms with Crippen molar-refractivity contribution >= 4 is 69.9 Å². The predicted octanol–water partition coefficient (Wildman–Crippen LogP) is 5.69. The van der Waals surface area contributed by atoms with E-state index in [4.69, 9.17) is 46.4 Å². The van der Waals surface area contributed by atoms with Gasteiger partial charge in [0.2, 0.25) is 0 Å². The van der Waals surface area contributed by atoms with Gasteiger partial charge in [-0.2, -0.15) is 5.01 Å². The molecule has 2 bridgehead atoms. The Morgan fingerprint density at radius 1 is 0.917 bits per heavy atom. The first kappa shape index (κ1) is 25.3. The molecule has 1 heterocycles. The highest BCUT2D eigenvalue weighted by Crippen LogP contribution is 2.53. The maximum Gasteiger partial charge on any atom is 0.275 e. The lowest BCUT2D eigenvalue weighted by molar-refractivity contribution is -0.157. The molecule has 3 amide bonds. The summed E-state index contributed by atoms with van der Waals surface area (Å²) >= 11 is 24.4. The van der Waals surface area contributed by atoms with Crippen molar-refractivity contribution in [3.8, 4) is 0 Å². The van der Waals surface area contributed by atoms with E-state index >= 15 is 0 Å². The third-order valence-corrected chi connectivity index (χ3v) is 8.16. The van der Waals surface area contributed by atoms with Crippen LogP contribution in [0, 0.1) is 23.7 Å². The molecule has 186 valence electrons. The number of benzene rings is 2. The summed E-state index contributed by atoms with van der Waals surface area (Å²) in [5, 5.41) is 2.59. The lowest BCUT2D eigenvalue weighted by Gasteiger charge is -2.37. The van der Waals surface area contributed by atoms with Crippen molar-refractivity contribution in [3.05, 3.63) is 80.8 Å². The second-order valence-electron chi connectivity index (χ2n) is 9.13. The fraction of sp³-hybridized carbons (Fsp3) is 0.308. The summed E-state index contributed by atoms with van der Waals surface area (Å²) in [5.74, 6) is -3.52. The summed E-state index contributed by atoms with van der Waals surface area (Å²) in [5.41, 5.74) is 0.263. The summed E-state index contributed by atoms with van der Waals surface area (Å²) in [6.07, 6.45) is 4.64. The minimum Gasteiger partial charge on any atom is -0.292 e. The molecule has 1 saturated heterocycles. The number of hydrogen-bond donors (Lipinski definition) is 0. The Hall–Kier alpha value is -2.38. The van der Waals surface area contributed by atoms with Gasteiger partial charge in [-0.25, -0.2) is 5.01 Å². The number of hydrazine groups is 1. The summed E-state index contributed by atoms with van der Waals surface area (Å²) in [4.78, 5) is 55.0. The van der Waals surface area contributed by atoms with Gasteiger partial charge in [0.05, 0.1) is 22.4 Å². The Balaban J connectivity index is 1.61. The molecule has 1 aliphatic heterocycles. The number of carbonyl (C=O) groups excluding carboxylic acids is 4. The Morgan fingerprint density at radius 2 is 1.50 bits per heavy atom. The van der Waals surface area contributed by atoms with Crippen LogP contribution in [0.5, 0.6) is 0 Å². The molecule has 6 nitrogen and oxygen atoms in total. The minimum atomic E-state index is -1.24. The van der Waals surface area contributed by atoms with Crippen LogP contribution in [0.15, 0.2) is 54.6 Å². The highest BCUT2D eigenvalue weighted by molar-refractivity contribution is 6.37. The summed E-state index contributed by atoms with van der Waals surface area (Å²) < 4.78 is 0. The van der Waals surface area contributed by atoms with Crippen LogP contribution in [0.4, 0.5) is 0 Å². The molecule has 5 rings (SSSR count). The fourth-order valence-corrected chi connectivity index (χ4v) is 6.35. The van der Waals surface area contributed by atoms with Crippen LogP contribution in [0.2, 0.25) is 15.1 Å². The number of hydrogen-bond acceptors (Lipinski definition) is 4. The fourth-order valence-electron chi connectivity index (χ4n) is 5.53. The van der Waals surface area contributed by atoms with Gasteiger partial charge < -0.3 is 0 Å². The SMILES string of the molecule is O=C(c1ccc(Cl)cc1)[C@H](CCCl)N(C(=O)c1ccc(Cl)cc1Cl)N1C(=O)[C@@H]2[C@@H](C1=O)[C@H]1C=C[C@H]2C1. The molecule has 2 aromatic rings. The van der Waals surface area contributed by atoms with Crippen LogP contribution < -0.4 is 0 Å². The molecule has 0 radical (unpaired) electrons. The number of ketones is 1. The van der Waals surface area contributed by atoms with Gasteiger partial charge in [-0.05, 0) is 67.1 Å². The van der Waals surface area contributed by atoms with Gasteiger partial charge in [0.15, 0.2) is 5.78 Å². The molecule has 2 aromatic carbocycles. The normalized spacial score (nSPS) is 24.8. The van der Waals surface area contributed by atoms with Crippen LogP contribution in [0.3, 0.4) is 0 Å². The average Bonchev–Trinajstić information content (AvgIpc) is 3.53. The molecular weight excluding hydrogens is 546 g/mol. The zero-order valence-corrected chi connectivity index (χ0v) is 21.8. The van der Waals surface area contributed by atoms with Crippen LogP contribution in [0.25, 0.3) is 0 Å². The Kier molecular flexibility index (Phi) is 6.90. The molecule has 1 saturated carbocycles. The highest BCUT2D eigenvalue weighted by atomic mass is 35.5. The Morgan fingerprint density at radius 3 is 2.06 bits per heavy atom. The molecule has 0 spiro atoms. The van der Waals surface area contributed by atoms with Crippen molar-refractivity contribution in [3.63, 3.8) is 0 Å². The standard InChI is InChI=1S/C26H20Cl4N2O4/c27-10-9-20(23(33)13-3-5-16(28)6-4-13)31(24(34)18-8-7-17(29)12-19(18)30)32-25(35)21-14-1-2-15(11-14)22(21)26(32)36/h1-8,12,14-15,20-22H,9-11H2/t14-,15-,20-,21-,22-/m0/s1. The number of nitrogens with zero attached hydrogens (tertiary/aromatic N) is 2. The maximum absolute atomic E-state index is 14.0. The van der Waals surface area contributed by atoms with Gasteiger partial charge >= 0.3 is 0 Å². The van der Waals surface area contributed by atoms with E-state index in [1.54, 1.807) is 12.1 Å². The van der Waals surface area contributed by atoms with E-state index in [0.717, 1.165) is 16.4 Å². The summed E-state index contributed by atoms with van der Waals surface area (Å²) in [6, 6.07) is 9.18. The second kappa shape index (κ2) is 9.82. The third-order valence-electron chi connectivity index (χ3n) is 7.14. The van der Waals surface area contributed by atoms with Gasteiger partial charge in [-0.1, -0.05) is 47.0 Å². The van der Waals surface area contributed by atoms with Crippen molar-refractivity contribution in [2.24, 2.45) is 23.7 Å². The Bertz CT molecular complexity index is 1270. The van der Waals surface area contributed by atoms with E-state index in [2.05, 4.69) is 0 Å². The van der Waals surface area contributed by atoms with Gasteiger partial charge in [0.25, 0.3) is 17.7 Å². The first-order valence-corrected chi connectivity index (χ1v) is 13.1. The molecule has 0 N–H and O–H groups in total. The first-order chi connectivity index (χ1) is 17.2. The monoisotopic (exact) mass is 564 g/mol. The first-order valence-electron chi connectivity index (χ1n) is 11.4. The molecule has 0 aromatic heterocycles. The van der Waals surface area contributed by atoms with Crippen molar-refractivity contribution in [2.75, 3.05) is 5.88 Å². The number of alkyl halides is 1. The minimum absolute atomic E-state index is 0.00197. The number of allylic oxidation sites excluding steroid dienone is 2. The van der Waals surface area contributed by atoms with Crippen LogP contribution in [-0.2, 0) is 9.59 Å². The van der Waals surface area contributed by atoms with Crippen LogP contribution in [0.1, 0.15) is 33.6 Å². The van der Waals surface area contributed by atoms with Crippen molar-refractivity contribution in [1.29, 1.82) is 0 Å². The predicted molar refractivity (Wildman–Crippen MR) is 137 cm³/mol. The van der Waals surface area contributed by atoms with Crippen LogP contribution in [-0.4, -0.2) is 45.4 Å². The largest absolute Gasteiger partial charge is 0.292 e. The molecule has 0 unspecified atom stereocenters. The molecule has 3 aliphatic rings. The average molecular weight is 566 g/mol. The molecule has 2 fully saturated rings. The molecule has 2 aliphatic carbocycles. The number of carbonyl (C=O) groups is 4. The molecule has 36 heavy (non-hydrogen) atoms. The quantitative estimate of drug-likeness (QED) is 0.187. The second-order valence-corrected chi connectivity index (χ2v) is 10.8. The van der Waals surface area contributed by atoms with Crippen molar-refractivity contribution < 1.29 is 19.2 Å². The van der Waals surface area contributed by atoms with Crippen molar-refractivity contribution in [2.45, 2.75) is 18.9 Å². The van der Waals surface area contributed by atoms with Gasteiger partial charge in [-0.15, -0.1) is 11.6 Å². The molecular formula is C26H20Cl4N2O4. The van der Waals surface area contributed by atoms with E-state index < -0.39 is 41.4 Å². The van der Waals surface area contributed by atoms with E-state index in [1.807, 2.05) is 12.2 Å². The zero-order valence-electron chi connectivity index (χ0n) is 18.7. The van der Waals surface area contributed by atoms with Crippen molar-refractivity contribution in [1.82, 2.24) is 10.0 Å². The lowest BCUT2D eigenvalue weighted by atomic mass is 9.85. The number of rotatable bonds is 7. The number of amides is 3. The Labute approximate surface area is 227 Å². The number of halogens is 4. The molecule has 5 atom stereocenters. The van der Waals surface area contributed by atoms with E-state index in [0.29, 0.717) is 10.0 Å². The topological polar surface area (TPSA) is 74.8 Å². The number of imide groups is 1. The summed E-state index contributed by atoms with van der Waals surface area (Å²) in [6.45, 7) is 0. The third kappa shape index (κ3) is 4.14. The van der Waals surface area contributed by atoms with Gasteiger partial charge in [-0.3, -0.25) is 19.2 Å². The van der Waals surface area contributed by atoms with Crippen LogP contribution >= 0.6 is 46.4 Å². The maximum atomic E-state index is 14.0. The highest BCUT2D eigenvalue weighted by Gasteiger charge is 2.62. The van der Waals surface area contributed by atoms with E-state index in [-0.39, 0.29) is 40.3 Å².